The molecular weight excluding hydrogens is 288 g/mol. The molecule has 20 heavy (non-hydrogen) atoms. The van der Waals surface area contributed by atoms with Crippen LogP contribution in [0.4, 0.5) is 5.69 Å². The van der Waals surface area contributed by atoms with Gasteiger partial charge in [0.1, 0.15) is 11.5 Å². The first kappa shape index (κ1) is 13.5. The summed E-state index contributed by atoms with van der Waals surface area (Å²) in [5.74, 6) is 2.92. The molecule has 1 N–H and O–H groups in total. The van der Waals surface area contributed by atoms with Crippen LogP contribution in [0.1, 0.15) is 16.5 Å². The van der Waals surface area contributed by atoms with Gasteiger partial charge >= 0.3 is 0 Å². The molecule has 0 saturated carbocycles. The summed E-state index contributed by atoms with van der Waals surface area (Å²) in [4.78, 5) is 4.47. The zero-order valence-electron chi connectivity index (χ0n) is 11.5. The summed E-state index contributed by atoms with van der Waals surface area (Å²) in [6, 6.07) is 10.3. The van der Waals surface area contributed by atoms with E-state index in [1.807, 2.05) is 19.1 Å². The summed E-state index contributed by atoms with van der Waals surface area (Å²) in [6.07, 6.45) is 2.08. The number of thiazole rings is 1. The van der Waals surface area contributed by atoms with Crippen LogP contribution in [-0.4, -0.2) is 11.2 Å². The van der Waals surface area contributed by atoms with Crippen molar-refractivity contribution in [3.05, 3.63) is 46.9 Å². The number of nitrogens with one attached hydrogen (secondary N) is 1. The molecule has 3 rings (SSSR count). The number of benzene rings is 1. The predicted octanol–water partition coefficient (Wildman–Crippen LogP) is 4.67. The summed E-state index contributed by atoms with van der Waals surface area (Å²) < 4.78 is 6.96. The van der Waals surface area contributed by atoms with Crippen molar-refractivity contribution in [1.82, 2.24) is 4.98 Å². The van der Waals surface area contributed by atoms with Crippen molar-refractivity contribution in [2.24, 2.45) is 0 Å². The number of hydrogen-bond acceptors (Lipinski definition) is 5. The first-order chi connectivity index (χ1) is 9.74. The maximum absolute atomic E-state index is 5.74. The first-order valence-corrected chi connectivity index (χ1v) is 8.63. The largest absolute Gasteiger partial charge is 0.463 e. The van der Waals surface area contributed by atoms with Gasteiger partial charge in [-0.05, 0) is 43.5 Å². The van der Waals surface area contributed by atoms with Crippen molar-refractivity contribution in [2.45, 2.75) is 19.2 Å². The van der Waals surface area contributed by atoms with Crippen molar-refractivity contribution in [2.75, 3.05) is 11.6 Å². The Bertz CT molecular complexity index is 718. The highest BCUT2D eigenvalue weighted by Crippen LogP contribution is 2.25. The highest BCUT2D eigenvalue weighted by molar-refractivity contribution is 7.97. The molecule has 5 heteroatoms. The topological polar surface area (TPSA) is 38.1 Å². The molecule has 0 bridgehead atoms. The number of anilines is 1. The molecule has 3 aromatic rings. The van der Waals surface area contributed by atoms with Crippen molar-refractivity contribution >= 4 is 39.0 Å². The SMILES string of the molecule is CSCc1ccc(CNc2ccc3nc(C)sc3c2)o1. The monoisotopic (exact) mass is 304 g/mol. The van der Waals surface area contributed by atoms with Gasteiger partial charge in [0.05, 0.1) is 27.5 Å². The van der Waals surface area contributed by atoms with Crippen LogP contribution in [-0.2, 0) is 12.3 Å². The second-order valence-corrected chi connectivity index (χ2v) is 6.67. The van der Waals surface area contributed by atoms with Gasteiger partial charge in [-0.1, -0.05) is 0 Å². The minimum Gasteiger partial charge on any atom is -0.463 e. The van der Waals surface area contributed by atoms with E-state index in [1.165, 1.54) is 4.70 Å². The Hall–Kier alpha value is -1.46. The van der Waals surface area contributed by atoms with Crippen LogP contribution in [0.15, 0.2) is 34.7 Å². The first-order valence-electron chi connectivity index (χ1n) is 6.42. The zero-order valence-corrected chi connectivity index (χ0v) is 13.1. The average molecular weight is 304 g/mol. The third kappa shape index (κ3) is 2.99. The van der Waals surface area contributed by atoms with E-state index in [4.69, 9.17) is 4.42 Å². The molecule has 2 aromatic heterocycles. The zero-order chi connectivity index (χ0) is 13.9. The van der Waals surface area contributed by atoms with E-state index in [2.05, 4.69) is 34.8 Å². The van der Waals surface area contributed by atoms with Crippen LogP contribution in [0.25, 0.3) is 10.2 Å². The molecule has 2 heterocycles. The second-order valence-electron chi connectivity index (χ2n) is 4.57. The maximum Gasteiger partial charge on any atom is 0.123 e. The molecule has 0 aliphatic heterocycles. The van der Waals surface area contributed by atoms with Crippen LogP contribution >= 0.6 is 23.1 Å². The highest BCUT2D eigenvalue weighted by Gasteiger charge is 2.04. The molecule has 104 valence electrons. The van der Waals surface area contributed by atoms with E-state index in [-0.39, 0.29) is 0 Å². The summed E-state index contributed by atoms with van der Waals surface area (Å²) in [5, 5.41) is 4.50. The number of hydrogen-bond donors (Lipinski definition) is 1. The van der Waals surface area contributed by atoms with Crippen LogP contribution in [0.3, 0.4) is 0 Å². The van der Waals surface area contributed by atoms with Crippen LogP contribution in [0.5, 0.6) is 0 Å². The van der Waals surface area contributed by atoms with E-state index in [1.54, 1.807) is 23.1 Å². The second kappa shape index (κ2) is 5.89. The minimum absolute atomic E-state index is 0.706. The van der Waals surface area contributed by atoms with E-state index in [0.717, 1.165) is 33.5 Å². The quantitative estimate of drug-likeness (QED) is 0.743. The van der Waals surface area contributed by atoms with E-state index in [0.29, 0.717) is 6.54 Å². The molecule has 3 nitrogen and oxygen atoms in total. The third-order valence-electron chi connectivity index (χ3n) is 2.97. The normalized spacial score (nSPS) is 11.1. The number of aromatic nitrogens is 1. The highest BCUT2D eigenvalue weighted by atomic mass is 32.2. The van der Waals surface area contributed by atoms with Crippen molar-refractivity contribution in [1.29, 1.82) is 0 Å². The Morgan fingerprint density at radius 2 is 2.10 bits per heavy atom. The Morgan fingerprint density at radius 1 is 1.25 bits per heavy atom. The van der Waals surface area contributed by atoms with Gasteiger partial charge < -0.3 is 9.73 Å². The summed E-state index contributed by atoms with van der Waals surface area (Å²) in [6.45, 7) is 2.74. The van der Waals surface area contributed by atoms with Gasteiger partial charge in [0, 0.05) is 5.69 Å². The van der Waals surface area contributed by atoms with Crippen molar-refractivity contribution in [3.8, 4) is 0 Å². The number of fused-ring (bicyclic) bond motifs is 1. The lowest BCUT2D eigenvalue weighted by Gasteiger charge is -2.04. The lowest BCUT2D eigenvalue weighted by molar-refractivity contribution is 0.487. The van der Waals surface area contributed by atoms with Gasteiger partial charge in [-0.15, -0.1) is 11.3 Å². The predicted molar refractivity (Wildman–Crippen MR) is 87.6 cm³/mol. The van der Waals surface area contributed by atoms with Gasteiger partial charge in [0.2, 0.25) is 0 Å². The number of aryl methyl sites for hydroxylation is 1. The van der Waals surface area contributed by atoms with Gasteiger partial charge in [-0.3, -0.25) is 0 Å². The molecule has 0 fully saturated rings. The molecule has 0 aliphatic carbocycles. The molecule has 0 unspecified atom stereocenters. The molecule has 0 radical (unpaired) electrons. The molecule has 0 aliphatic rings. The molecule has 0 saturated heterocycles. The number of nitrogens with zero attached hydrogens (tertiary/aromatic N) is 1. The summed E-state index contributed by atoms with van der Waals surface area (Å²) in [7, 11) is 0. The molecule has 1 aromatic carbocycles. The Morgan fingerprint density at radius 3 is 2.95 bits per heavy atom. The van der Waals surface area contributed by atoms with Gasteiger partial charge in [-0.25, -0.2) is 4.98 Å². The van der Waals surface area contributed by atoms with Crippen LogP contribution in [0.2, 0.25) is 0 Å². The average Bonchev–Trinajstić information content (AvgIpc) is 3.01. The van der Waals surface area contributed by atoms with Gasteiger partial charge in [0.25, 0.3) is 0 Å². The smallest absolute Gasteiger partial charge is 0.123 e. The number of rotatable bonds is 5. The summed E-state index contributed by atoms with van der Waals surface area (Å²) in [5.41, 5.74) is 2.17. The standard InChI is InChI=1S/C15H16N2OS2/c1-10-17-14-6-3-11(7-15(14)20-10)16-8-12-4-5-13(18-12)9-19-2/h3-7,16H,8-9H2,1-2H3. The van der Waals surface area contributed by atoms with Gasteiger partial charge in [-0.2, -0.15) is 11.8 Å². The molecular formula is C15H16N2OS2. The molecule has 0 spiro atoms. The Kier molecular flexibility index (Phi) is 3.98. The maximum atomic E-state index is 5.74. The fourth-order valence-electron chi connectivity index (χ4n) is 2.08. The van der Waals surface area contributed by atoms with Crippen LogP contribution in [0, 0.1) is 6.92 Å². The fourth-order valence-corrected chi connectivity index (χ4v) is 3.38. The van der Waals surface area contributed by atoms with Crippen molar-refractivity contribution in [3.63, 3.8) is 0 Å². The Labute approximate surface area is 126 Å². The minimum atomic E-state index is 0.706. The fraction of sp³-hybridized carbons (Fsp3) is 0.267. The number of thioether (sulfide) groups is 1. The summed E-state index contributed by atoms with van der Waals surface area (Å²) >= 11 is 3.49. The number of furan rings is 1. The van der Waals surface area contributed by atoms with Crippen molar-refractivity contribution < 1.29 is 4.42 Å². The third-order valence-corrected chi connectivity index (χ3v) is 4.47. The lowest BCUT2D eigenvalue weighted by Crippen LogP contribution is -1.97. The van der Waals surface area contributed by atoms with Gasteiger partial charge in [0.15, 0.2) is 0 Å². The van der Waals surface area contributed by atoms with E-state index >= 15 is 0 Å². The lowest BCUT2D eigenvalue weighted by atomic mass is 10.3. The van der Waals surface area contributed by atoms with Crippen LogP contribution < -0.4 is 5.32 Å². The molecule has 0 amide bonds. The Balaban J connectivity index is 1.69. The van der Waals surface area contributed by atoms with E-state index in [9.17, 15) is 0 Å². The molecule has 0 atom stereocenters. The van der Waals surface area contributed by atoms with E-state index < -0.39 is 0 Å².